The molecule has 1 aromatic heterocycles. The Balaban J connectivity index is 1.49. The van der Waals surface area contributed by atoms with E-state index in [2.05, 4.69) is 28.1 Å². The van der Waals surface area contributed by atoms with Gasteiger partial charge in [0.1, 0.15) is 6.10 Å². The van der Waals surface area contributed by atoms with E-state index in [0.29, 0.717) is 11.4 Å². The molecule has 0 saturated carbocycles. The van der Waals surface area contributed by atoms with Crippen LogP contribution in [-0.2, 0) is 6.61 Å². The average Bonchev–Trinajstić information content (AvgIpc) is 3.23. The molecule has 0 radical (unpaired) electrons. The van der Waals surface area contributed by atoms with Crippen LogP contribution < -0.4 is 9.64 Å². The highest BCUT2D eigenvalue weighted by Gasteiger charge is 2.26. The number of aromatic nitrogens is 1. The van der Waals surface area contributed by atoms with Gasteiger partial charge in [-0.25, -0.2) is 4.98 Å². The maximum Gasteiger partial charge on any atom is 0.213 e. The first-order valence-corrected chi connectivity index (χ1v) is 9.75. The molecule has 2 aromatic carbocycles. The SMILES string of the molecule is Cc1ccc(O[C@H]2CCN(c3ccc(-c4ccc(C#N)cc4)cc3CO)C2)nc1. The fourth-order valence-electron chi connectivity index (χ4n) is 3.68. The van der Waals surface area contributed by atoms with Crippen molar-refractivity contribution < 1.29 is 9.84 Å². The lowest BCUT2D eigenvalue weighted by atomic mass is 10.0. The quantitative estimate of drug-likeness (QED) is 0.717. The second-order valence-electron chi connectivity index (χ2n) is 7.34. The van der Waals surface area contributed by atoms with Crippen LogP contribution in [0.5, 0.6) is 5.88 Å². The summed E-state index contributed by atoms with van der Waals surface area (Å²) in [6.45, 7) is 3.62. The zero-order chi connectivity index (χ0) is 20.2. The van der Waals surface area contributed by atoms with Gasteiger partial charge in [-0.05, 0) is 47.9 Å². The second-order valence-corrected chi connectivity index (χ2v) is 7.34. The molecule has 0 spiro atoms. The summed E-state index contributed by atoms with van der Waals surface area (Å²) in [5.41, 5.74) is 5.73. The Labute approximate surface area is 170 Å². The van der Waals surface area contributed by atoms with Crippen molar-refractivity contribution in [3.63, 3.8) is 0 Å². The van der Waals surface area contributed by atoms with Crippen molar-refractivity contribution >= 4 is 5.69 Å². The molecule has 3 aromatic rings. The normalized spacial score (nSPS) is 15.9. The molecule has 1 aliphatic rings. The third-order valence-electron chi connectivity index (χ3n) is 5.25. The van der Waals surface area contributed by atoms with Gasteiger partial charge in [0.25, 0.3) is 0 Å². The van der Waals surface area contributed by atoms with E-state index in [1.807, 2.05) is 55.6 Å². The van der Waals surface area contributed by atoms with Crippen molar-refractivity contribution in [3.8, 4) is 23.1 Å². The smallest absolute Gasteiger partial charge is 0.213 e. The molecule has 0 bridgehead atoms. The van der Waals surface area contributed by atoms with E-state index < -0.39 is 0 Å². The number of nitriles is 1. The van der Waals surface area contributed by atoms with E-state index in [1.165, 1.54) is 0 Å². The highest BCUT2D eigenvalue weighted by molar-refractivity contribution is 5.69. The largest absolute Gasteiger partial charge is 0.472 e. The van der Waals surface area contributed by atoms with E-state index in [4.69, 9.17) is 10.00 Å². The third-order valence-corrected chi connectivity index (χ3v) is 5.25. The maximum absolute atomic E-state index is 9.95. The lowest BCUT2D eigenvalue weighted by molar-refractivity contribution is 0.215. The Morgan fingerprint density at radius 2 is 1.93 bits per heavy atom. The Kier molecular flexibility index (Phi) is 5.46. The Morgan fingerprint density at radius 1 is 1.14 bits per heavy atom. The van der Waals surface area contributed by atoms with Gasteiger partial charge in [-0.3, -0.25) is 0 Å². The molecular formula is C24H23N3O2. The van der Waals surface area contributed by atoms with Crippen molar-refractivity contribution in [2.45, 2.75) is 26.1 Å². The van der Waals surface area contributed by atoms with Crippen molar-refractivity contribution in [2.24, 2.45) is 0 Å². The van der Waals surface area contributed by atoms with Gasteiger partial charge in [0, 0.05) is 36.5 Å². The van der Waals surface area contributed by atoms with E-state index in [9.17, 15) is 5.11 Å². The fourth-order valence-corrected chi connectivity index (χ4v) is 3.68. The van der Waals surface area contributed by atoms with Gasteiger partial charge in [0.15, 0.2) is 0 Å². The van der Waals surface area contributed by atoms with Crippen LogP contribution >= 0.6 is 0 Å². The highest BCUT2D eigenvalue weighted by Crippen LogP contribution is 2.31. The molecule has 146 valence electrons. The minimum atomic E-state index is -0.0268. The van der Waals surface area contributed by atoms with E-state index in [1.54, 1.807) is 0 Å². The molecule has 0 unspecified atom stereocenters. The van der Waals surface area contributed by atoms with Crippen LogP contribution in [0.15, 0.2) is 60.8 Å². The predicted octanol–water partition coefficient (Wildman–Crippen LogP) is 4.08. The van der Waals surface area contributed by atoms with Gasteiger partial charge in [-0.1, -0.05) is 24.3 Å². The molecule has 1 atom stereocenters. The van der Waals surface area contributed by atoms with Gasteiger partial charge in [-0.15, -0.1) is 0 Å². The van der Waals surface area contributed by atoms with Crippen molar-refractivity contribution in [3.05, 3.63) is 77.5 Å². The molecule has 0 amide bonds. The number of anilines is 1. The number of benzene rings is 2. The van der Waals surface area contributed by atoms with Gasteiger partial charge >= 0.3 is 0 Å². The van der Waals surface area contributed by atoms with Gasteiger partial charge in [-0.2, -0.15) is 5.26 Å². The van der Waals surface area contributed by atoms with Gasteiger partial charge in [0.2, 0.25) is 5.88 Å². The van der Waals surface area contributed by atoms with Crippen LogP contribution in [-0.4, -0.2) is 29.3 Å². The number of hydrogen-bond donors (Lipinski definition) is 1. The van der Waals surface area contributed by atoms with E-state index >= 15 is 0 Å². The lowest BCUT2D eigenvalue weighted by Crippen LogP contribution is -2.25. The number of aliphatic hydroxyl groups is 1. The summed E-state index contributed by atoms with van der Waals surface area (Å²) in [4.78, 5) is 6.59. The molecule has 5 nitrogen and oxygen atoms in total. The average molecular weight is 385 g/mol. The van der Waals surface area contributed by atoms with Crippen molar-refractivity contribution in [1.82, 2.24) is 4.98 Å². The Hall–Kier alpha value is -3.36. The van der Waals surface area contributed by atoms with Crippen molar-refractivity contribution in [2.75, 3.05) is 18.0 Å². The lowest BCUT2D eigenvalue weighted by Gasteiger charge is -2.22. The van der Waals surface area contributed by atoms with Crippen LogP contribution in [0.1, 0.15) is 23.1 Å². The molecule has 4 rings (SSSR count). The molecular weight excluding hydrogens is 362 g/mol. The van der Waals surface area contributed by atoms with Crippen molar-refractivity contribution in [1.29, 1.82) is 5.26 Å². The Bertz CT molecular complexity index is 1020. The summed E-state index contributed by atoms with van der Waals surface area (Å²) in [6.07, 6.45) is 2.81. The summed E-state index contributed by atoms with van der Waals surface area (Å²) < 4.78 is 6.03. The molecule has 1 fully saturated rings. The van der Waals surface area contributed by atoms with Crippen LogP contribution in [0.4, 0.5) is 5.69 Å². The second kappa shape index (κ2) is 8.34. The number of pyridine rings is 1. The molecule has 5 heteroatoms. The summed E-state index contributed by atoms with van der Waals surface area (Å²) in [6, 6.07) is 19.7. The van der Waals surface area contributed by atoms with Crippen LogP contribution in [0.3, 0.4) is 0 Å². The summed E-state index contributed by atoms with van der Waals surface area (Å²) in [5.74, 6) is 0.654. The molecule has 29 heavy (non-hydrogen) atoms. The molecule has 2 heterocycles. The monoisotopic (exact) mass is 385 g/mol. The summed E-state index contributed by atoms with van der Waals surface area (Å²) in [5, 5.41) is 18.9. The first-order chi connectivity index (χ1) is 14.2. The maximum atomic E-state index is 9.95. The van der Waals surface area contributed by atoms with Gasteiger partial charge in [0.05, 0.1) is 24.8 Å². The fraction of sp³-hybridized carbons (Fsp3) is 0.250. The Morgan fingerprint density at radius 3 is 2.62 bits per heavy atom. The molecule has 0 aliphatic carbocycles. The van der Waals surface area contributed by atoms with E-state index in [0.717, 1.165) is 47.5 Å². The molecule has 1 saturated heterocycles. The molecule has 1 aliphatic heterocycles. The molecule has 1 N–H and O–H groups in total. The van der Waals surface area contributed by atoms with Crippen LogP contribution in [0.2, 0.25) is 0 Å². The highest BCUT2D eigenvalue weighted by atomic mass is 16.5. The predicted molar refractivity (Wildman–Crippen MR) is 113 cm³/mol. The minimum Gasteiger partial charge on any atom is -0.472 e. The topological polar surface area (TPSA) is 69.4 Å². The standard InChI is InChI=1S/C24H23N3O2/c1-17-2-9-24(26-14-17)29-22-10-11-27(15-22)23-8-7-20(12-21(23)16-28)19-5-3-18(13-25)4-6-19/h2-9,12,14,22,28H,10-11,15-16H2,1H3/t22-/m0/s1. The number of hydrogen-bond acceptors (Lipinski definition) is 5. The third kappa shape index (κ3) is 4.23. The zero-order valence-electron chi connectivity index (χ0n) is 16.4. The number of aliphatic hydroxyl groups excluding tert-OH is 1. The number of nitrogens with zero attached hydrogens (tertiary/aromatic N) is 3. The summed E-state index contributed by atoms with van der Waals surface area (Å²) in [7, 11) is 0. The van der Waals surface area contributed by atoms with Crippen LogP contribution in [0, 0.1) is 18.3 Å². The number of rotatable bonds is 5. The summed E-state index contributed by atoms with van der Waals surface area (Å²) >= 11 is 0. The minimum absolute atomic E-state index is 0.0268. The first-order valence-electron chi connectivity index (χ1n) is 9.75. The first kappa shape index (κ1) is 19.0. The van der Waals surface area contributed by atoms with E-state index in [-0.39, 0.29) is 12.7 Å². The zero-order valence-corrected chi connectivity index (χ0v) is 16.4. The van der Waals surface area contributed by atoms with Gasteiger partial charge < -0.3 is 14.7 Å². The number of ether oxygens (including phenoxy) is 1. The number of aryl methyl sites for hydroxylation is 1. The van der Waals surface area contributed by atoms with Crippen LogP contribution in [0.25, 0.3) is 11.1 Å².